The van der Waals surface area contributed by atoms with Crippen molar-refractivity contribution >= 4 is 5.82 Å². The Balaban J connectivity index is 2.46. The Morgan fingerprint density at radius 3 is 2.58 bits per heavy atom. The Kier molecular flexibility index (Phi) is 4.11. The Hall–Kier alpha value is -1.95. The summed E-state index contributed by atoms with van der Waals surface area (Å²) >= 11 is 0. The molecule has 0 aliphatic carbocycles. The second-order valence-electron chi connectivity index (χ2n) is 4.56. The lowest BCUT2D eigenvalue weighted by Gasteiger charge is -2.13. The van der Waals surface area contributed by atoms with E-state index < -0.39 is 0 Å². The molecule has 0 aliphatic heterocycles. The number of nitrogens with one attached hydrogen (secondary N) is 1. The average molecular weight is 260 g/mol. The summed E-state index contributed by atoms with van der Waals surface area (Å²) in [5, 5.41) is 4.17. The van der Waals surface area contributed by atoms with Gasteiger partial charge in [-0.25, -0.2) is 15.8 Å². The second-order valence-corrected chi connectivity index (χ2v) is 4.56. The first-order chi connectivity index (χ1) is 9.17. The van der Waals surface area contributed by atoms with Crippen molar-refractivity contribution in [2.24, 2.45) is 12.9 Å². The van der Waals surface area contributed by atoms with Gasteiger partial charge in [0.2, 0.25) is 0 Å². The van der Waals surface area contributed by atoms with Gasteiger partial charge in [-0.2, -0.15) is 5.10 Å². The van der Waals surface area contributed by atoms with Gasteiger partial charge < -0.3 is 5.43 Å². The summed E-state index contributed by atoms with van der Waals surface area (Å²) < 4.78 is 1.75. The van der Waals surface area contributed by atoms with Crippen LogP contribution >= 0.6 is 0 Å². The maximum absolute atomic E-state index is 5.49. The Morgan fingerprint density at radius 1 is 1.32 bits per heavy atom. The van der Waals surface area contributed by atoms with Crippen molar-refractivity contribution < 1.29 is 0 Å². The zero-order chi connectivity index (χ0) is 13.8. The highest BCUT2D eigenvalue weighted by molar-refractivity contribution is 5.60. The zero-order valence-electron chi connectivity index (χ0n) is 11.6. The van der Waals surface area contributed by atoms with Gasteiger partial charge in [0.1, 0.15) is 11.6 Å². The van der Waals surface area contributed by atoms with Gasteiger partial charge in [-0.1, -0.05) is 13.8 Å². The van der Waals surface area contributed by atoms with Crippen molar-refractivity contribution in [2.45, 2.75) is 32.6 Å². The van der Waals surface area contributed by atoms with Crippen LogP contribution in [0, 0.1) is 0 Å². The van der Waals surface area contributed by atoms with E-state index >= 15 is 0 Å². The van der Waals surface area contributed by atoms with Crippen molar-refractivity contribution in [1.82, 2.24) is 19.7 Å². The van der Waals surface area contributed by atoms with Gasteiger partial charge in [-0.15, -0.1) is 0 Å². The second kappa shape index (κ2) is 5.79. The highest BCUT2D eigenvalue weighted by Crippen LogP contribution is 2.25. The Morgan fingerprint density at radius 2 is 2.05 bits per heavy atom. The maximum Gasteiger partial charge on any atom is 0.144 e. The molecule has 0 radical (unpaired) electrons. The SMILES string of the molecule is CCC(CC)c1nc(NN)cc(-c2cnn(C)c2)n1. The molecule has 0 amide bonds. The lowest BCUT2D eigenvalue weighted by Crippen LogP contribution is -2.12. The van der Waals surface area contributed by atoms with Crippen molar-refractivity contribution in [3.63, 3.8) is 0 Å². The van der Waals surface area contributed by atoms with Crippen LogP contribution in [0.25, 0.3) is 11.3 Å². The van der Waals surface area contributed by atoms with Crippen molar-refractivity contribution in [1.29, 1.82) is 0 Å². The summed E-state index contributed by atoms with van der Waals surface area (Å²) in [6.07, 6.45) is 5.74. The van der Waals surface area contributed by atoms with Crippen molar-refractivity contribution in [2.75, 3.05) is 5.43 Å². The van der Waals surface area contributed by atoms with Crippen LogP contribution in [0.1, 0.15) is 38.4 Å². The van der Waals surface area contributed by atoms with E-state index in [1.165, 1.54) is 0 Å². The van der Waals surface area contributed by atoms with E-state index in [2.05, 4.69) is 34.3 Å². The normalized spacial score (nSPS) is 11.0. The van der Waals surface area contributed by atoms with Crippen molar-refractivity contribution in [3.8, 4) is 11.3 Å². The number of aryl methyl sites for hydroxylation is 1. The summed E-state index contributed by atoms with van der Waals surface area (Å²) in [5.74, 6) is 7.31. The summed E-state index contributed by atoms with van der Waals surface area (Å²) in [7, 11) is 1.88. The fraction of sp³-hybridized carbons (Fsp3) is 0.462. The lowest BCUT2D eigenvalue weighted by molar-refractivity contribution is 0.603. The summed E-state index contributed by atoms with van der Waals surface area (Å²) in [5.41, 5.74) is 4.42. The molecule has 0 bridgehead atoms. The minimum atomic E-state index is 0.351. The van der Waals surface area contributed by atoms with Crippen LogP contribution < -0.4 is 11.3 Å². The molecular formula is C13H20N6. The van der Waals surface area contributed by atoms with Gasteiger partial charge in [0.15, 0.2) is 0 Å². The predicted octanol–water partition coefficient (Wildman–Crippen LogP) is 2.07. The summed E-state index contributed by atoms with van der Waals surface area (Å²) in [4.78, 5) is 9.10. The van der Waals surface area contributed by atoms with E-state index in [9.17, 15) is 0 Å². The molecule has 0 aromatic carbocycles. The molecule has 19 heavy (non-hydrogen) atoms. The lowest BCUT2D eigenvalue weighted by atomic mass is 10.0. The smallest absolute Gasteiger partial charge is 0.144 e. The van der Waals surface area contributed by atoms with Gasteiger partial charge in [-0.05, 0) is 12.8 Å². The number of hydrogen-bond donors (Lipinski definition) is 2. The predicted molar refractivity (Wildman–Crippen MR) is 75.4 cm³/mol. The van der Waals surface area contributed by atoms with Gasteiger partial charge >= 0.3 is 0 Å². The molecule has 0 saturated carbocycles. The molecule has 0 unspecified atom stereocenters. The first-order valence-electron chi connectivity index (χ1n) is 6.52. The van der Waals surface area contributed by atoms with E-state index in [0.29, 0.717) is 11.7 Å². The molecule has 0 saturated heterocycles. The maximum atomic E-state index is 5.49. The fourth-order valence-electron chi connectivity index (χ4n) is 2.08. The molecule has 0 spiro atoms. The third-order valence-corrected chi connectivity index (χ3v) is 3.24. The number of hydrazine groups is 1. The molecule has 2 rings (SSSR count). The van der Waals surface area contributed by atoms with Gasteiger partial charge in [0.05, 0.1) is 11.9 Å². The molecule has 6 nitrogen and oxygen atoms in total. The molecule has 0 fully saturated rings. The van der Waals surface area contributed by atoms with Gasteiger partial charge in [0.25, 0.3) is 0 Å². The minimum absolute atomic E-state index is 0.351. The molecule has 102 valence electrons. The number of hydrogen-bond acceptors (Lipinski definition) is 5. The van der Waals surface area contributed by atoms with Crippen LogP contribution in [0.2, 0.25) is 0 Å². The number of nitrogens with two attached hydrogens (primary N) is 1. The van der Waals surface area contributed by atoms with Gasteiger partial charge in [0, 0.05) is 30.8 Å². The molecule has 0 aliphatic rings. The topological polar surface area (TPSA) is 81.6 Å². The molecule has 3 N–H and O–H groups in total. The zero-order valence-corrected chi connectivity index (χ0v) is 11.6. The van der Waals surface area contributed by atoms with Crippen LogP contribution in [0.3, 0.4) is 0 Å². The number of nitrogen functional groups attached to an aromatic ring is 1. The molecule has 2 aromatic rings. The molecular weight excluding hydrogens is 240 g/mol. The van der Waals surface area contributed by atoms with E-state index in [4.69, 9.17) is 5.84 Å². The van der Waals surface area contributed by atoms with Crippen molar-refractivity contribution in [3.05, 3.63) is 24.3 Å². The number of aromatic nitrogens is 4. The Bertz CT molecular complexity index is 544. The van der Waals surface area contributed by atoms with Crippen LogP contribution in [-0.4, -0.2) is 19.7 Å². The number of rotatable bonds is 5. The van der Waals surface area contributed by atoms with E-state index in [0.717, 1.165) is 29.9 Å². The van der Waals surface area contributed by atoms with Crippen LogP contribution in [0.5, 0.6) is 0 Å². The van der Waals surface area contributed by atoms with E-state index in [-0.39, 0.29) is 0 Å². The van der Waals surface area contributed by atoms with E-state index in [1.54, 1.807) is 10.9 Å². The first kappa shape index (κ1) is 13.5. The summed E-state index contributed by atoms with van der Waals surface area (Å²) in [6, 6.07) is 1.84. The summed E-state index contributed by atoms with van der Waals surface area (Å²) in [6.45, 7) is 4.29. The fourth-order valence-corrected chi connectivity index (χ4v) is 2.08. The molecule has 0 atom stereocenters. The average Bonchev–Trinajstić information content (AvgIpc) is 2.86. The third-order valence-electron chi connectivity index (χ3n) is 3.24. The van der Waals surface area contributed by atoms with E-state index in [1.807, 2.05) is 19.3 Å². The first-order valence-corrected chi connectivity index (χ1v) is 6.52. The number of anilines is 1. The third kappa shape index (κ3) is 2.90. The van der Waals surface area contributed by atoms with Crippen LogP contribution in [-0.2, 0) is 7.05 Å². The Labute approximate surface area is 113 Å². The van der Waals surface area contributed by atoms with Crippen LogP contribution in [0.15, 0.2) is 18.5 Å². The molecule has 2 heterocycles. The largest absolute Gasteiger partial charge is 0.308 e. The monoisotopic (exact) mass is 260 g/mol. The quantitative estimate of drug-likeness (QED) is 0.635. The van der Waals surface area contributed by atoms with Gasteiger partial charge in [-0.3, -0.25) is 4.68 Å². The van der Waals surface area contributed by atoms with Crippen LogP contribution in [0.4, 0.5) is 5.82 Å². The molecule has 2 aromatic heterocycles. The highest BCUT2D eigenvalue weighted by Gasteiger charge is 2.14. The molecule has 6 heteroatoms. The standard InChI is InChI=1S/C13H20N6/c1-4-9(5-2)13-16-11(6-12(17-13)18-14)10-7-15-19(3)8-10/h6-9H,4-5,14H2,1-3H3,(H,16,17,18). The highest BCUT2D eigenvalue weighted by atomic mass is 15.3. The number of nitrogens with zero attached hydrogens (tertiary/aromatic N) is 4. The minimum Gasteiger partial charge on any atom is -0.308 e.